The predicted octanol–water partition coefficient (Wildman–Crippen LogP) is 2.67. The van der Waals surface area contributed by atoms with Gasteiger partial charge in [-0.05, 0) is 0 Å². The van der Waals surface area contributed by atoms with Gasteiger partial charge in [-0.15, -0.1) is 0 Å². The summed E-state index contributed by atoms with van der Waals surface area (Å²) in [6, 6.07) is 14.6. The summed E-state index contributed by atoms with van der Waals surface area (Å²) < 4.78 is 14.6. The van der Waals surface area contributed by atoms with Crippen LogP contribution < -0.4 is 15.2 Å². The van der Waals surface area contributed by atoms with Crippen molar-refractivity contribution in [3.05, 3.63) is 59.9 Å². The minimum absolute atomic E-state index is 0.228. The molecule has 0 saturated heterocycles. The summed E-state index contributed by atoms with van der Waals surface area (Å²) >= 11 is 5.62. The first-order valence-electron chi connectivity index (χ1n) is 6.84. The zero-order valence-electron chi connectivity index (χ0n) is 11.7. The van der Waals surface area contributed by atoms with Crippen molar-refractivity contribution in [1.82, 2.24) is 5.43 Å². The van der Waals surface area contributed by atoms with Crippen LogP contribution in [0.1, 0.15) is 12.0 Å². The number of hydrogen-bond acceptors (Lipinski definition) is 2. The molecular weight excluding hydrogens is 364 g/mol. The van der Waals surface area contributed by atoms with Crippen molar-refractivity contribution in [2.45, 2.75) is 11.7 Å². The number of nitrogens with one attached hydrogen (secondary N) is 2. The van der Waals surface area contributed by atoms with E-state index in [-0.39, 0.29) is 5.82 Å². The molecule has 0 radical (unpaired) electrons. The van der Waals surface area contributed by atoms with Crippen LogP contribution in [0, 0.1) is 5.82 Å². The van der Waals surface area contributed by atoms with Crippen LogP contribution in [0.25, 0.3) is 0 Å². The Morgan fingerprint density at radius 3 is 2.82 bits per heavy atom. The molecule has 0 aliphatic carbocycles. The fourth-order valence-corrected chi connectivity index (χ4v) is 4.45. The van der Waals surface area contributed by atoms with E-state index in [4.69, 9.17) is 12.2 Å². The van der Waals surface area contributed by atoms with Gasteiger partial charge in [-0.25, -0.2) is 0 Å². The summed E-state index contributed by atoms with van der Waals surface area (Å²) in [6.45, 7) is 0. The monoisotopic (exact) mass is 379 g/mol. The van der Waals surface area contributed by atoms with Crippen LogP contribution in [0.2, 0.25) is 5.32 Å². The van der Waals surface area contributed by atoms with Crippen LogP contribution in [-0.2, 0) is 0 Å². The molecule has 0 bridgehead atoms. The molecule has 0 unspecified atom stereocenters. The van der Waals surface area contributed by atoms with Crippen LogP contribution >= 0.6 is 12.2 Å². The van der Waals surface area contributed by atoms with Crippen LogP contribution in [0.15, 0.2) is 53.6 Å². The molecule has 1 heterocycles. The van der Waals surface area contributed by atoms with Gasteiger partial charge in [0.2, 0.25) is 0 Å². The Bertz CT molecular complexity index is 719. The van der Waals surface area contributed by atoms with E-state index in [0.29, 0.717) is 20.1 Å². The second kappa shape index (κ2) is 7.01. The van der Waals surface area contributed by atoms with Crippen LogP contribution in [0.5, 0.6) is 0 Å². The third-order valence-corrected chi connectivity index (χ3v) is 5.62. The number of thiocarbonyl (C=S) groups is 1. The van der Waals surface area contributed by atoms with Crippen molar-refractivity contribution >= 4 is 48.1 Å². The third-order valence-electron chi connectivity index (χ3n) is 3.17. The molecule has 0 aromatic heterocycles. The second-order valence-corrected chi connectivity index (χ2v) is 7.52. The first-order chi connectivity index (χ1) is 10.7. The fraction of sp³-hybridized carbons (Fsp3) is 0.125. The zero-order valence-corrected chi connectivity index (χ0v) is 14.2. The summed E-state index contributed by atoms with van der Waals surface area (Å²) in [7, 11) is 0. The van der Waals surface area contributed by atoms with Gasteiger partial charge in [-0.1, -0.05) is 0 Å². The standard InChI is InChI=1S/C16H14FN3SSe/c17-11-6-7-15-13(10-11)14(8-9-22-15)19-20-16(21)18-12-4-2-1-3-5-12/h1-7,10H,8-9H2,(H2,18,20,21)/b19-14+. The Kier molecular flexibility index (Phi) is 4.83. The van der Waals surface area contributed by atoms with Crippen LogP contribution in [0.3, 0.4) is 0 Å². The topological polar surface area (TPSA) is 36.4 Å². The summed E-state index contributed by atoms with van der Waals surface area (Å²) in [4.78, 5) is 0. The Morgan fingerprint density at radius 1 is 1.18 bits per heavy atom. The van der Waals surface area contributed by atoms with Gasteiger partial charge in [0.25, 0.3) is 0 Å². The number of fused-ring (bicyclic) bond motifs is 1. The van der Waals surface area contributed by atoms with E-state index in [1.165, 1.54) is 10.5 Å². The maximum absolute atomic E-state index is 13.4. The molecule has 0 atom stereocenters. The van der Waals surface area contributed by atoms with Gasteiger partial charge in [-0.3, -0.25) is 0 Å². The molecule has 3 nitrogen and oxygen atoms in total. The van der Waals surface area contributed by atoms with Crippen molar-refractivity contribution in [3.63, 3.8) is 0 Å². The number of anilines is 1. The Labute approximate surface area is 140 Å². The molecule has 112 valence electrons. The second-order valence-electron chi connectivity index (χ2n) is 4.73. The molecule has 6 heteroatoms. The zero-order chi connectivity index (χ0) is 15.4. The van der Waals surface area contributed by atoms with Gasteiger partial charge < -0.3 is 0 Å². The Morgan fingerprint density at radius 2 is 2.00 bits per heavy atom. The molecule has 0 spiro atoms. The average Bonchev–Trinajstić information content (AvgIpc) is 2.54. The molecule has 2 aromatic carbocycles. The van der Waals surface area contributed by atoms with Crippen molar-refractivity contribution in [1.29, 1.82) is 0 Å². The average molecular weight is 378 g/mol. The number of benzene rings is 2. The van der Waals surface area contributed by atoms with E-state index in [1.54, 1.807) is 6.07 Å². The number of rotatable bonds is 2. The normalized spacial score (nSPS) is 15.2. The minimum atomic E-state index is -0.228. The molecule has 1 aliphatic rings. The summed E-state index contributed by atoms with van der Waals surface area (Å²) in [6.07, 6.45) is 0.845. The first-order valence-corrected chi connectivity index (χ1v) is 9.31. The van der Waals surface area contributed by atoms with E-state index in [9.17, 15) is 4.39 Å². The molecule has 0 fully saturated rings. The molecule has 2 N–H and O–H groups in total. The van der Waals surface area contributed by atoms with Gasteiger partial charge in [0.05, 0.1) is 0 Å². The summed E-state index contributed by atoms with van der Waals surface area (Å²) in [5.41, 5.74) is 5.52. The van der Waals surface area contributed by atoms with Crippen molar-refractivity contribution in [2.75, 3.05) is 5.32 Å². The molecule has 1 aliphatic heterocycles. The SMILES string of the molecule is Fc1ccc2c(c1)/C(=N/NC(=S)Nc1ccccc1)CC[Se]2. The quantitative estimate of drug-likeness (QED) is 0.479. The van der Waals surface area contributed by atoms with Crippen molar-refractivity contribution in [3.8, 4) is 0 Å². The van der Waals surface area contributed by atoms with Crippen molar-refractivity contribution < 1.29 is 4.39 Å². The number of para-hydroxylation sites is 1. The molecule has 2 aromatic rings. The third kappa shape index (κ3) is 3.71. The van der Waals surface area contributed by atoms with Gasteiger partial charge in [0, 0.05) is 0 Å². The molecule has 0 amide bonds. The first kappa shape index (κ1) is 15.2. The maximum atomic E-state index is 13.4. The van der Waals surface area contributed by atoms with Gasteiger partial charge >= 0.3 is 140 Å². The van der Waals surface area contributed by atoms with Gasteiger partial charge in [0.1, 0.15) is 0 Å². The molecule has 3 rings (SSSR count). The van der Waals surface area contributed by atoms with E-state index >= 15 is 0 Å². The van der Waals surface area contributed by atoms with Gasteiger partial charge in [0.15, 0.2) is 0 Å². The van der Waals surface area contributed by atoms with Crippen LogP contribution in [-0.4, -0.2) is 25.8 Å². The van der Waals surface area contributed by atoms with E-state index in [0.717, 1.165) is 28.7 Å². The van der Waals surface area contributed by atoms with E-state index in [1.807, 2.05) is 36.4 Å². The fourth-order valence-electron chi connectivity index (χ4n) is 2.16. The number of nitrogens with zero attached hydrogens (tertiary/aromatic N) is 1. The van der Waals surface area contributed by atoms with Crippen molar-refractivity contribution in [2.24, 2.45) is 5.10 Å². The molecule has 22 heavy (non-hydrogen) atoms. The Balaban J connectivity index is 1.71. The van der Waals surface area contributed by atoms with Crippen LogP contribution in [0.4, 0.5) is 10.1 Å². The Hall–Kier alpha value is -1.75. The number of halogens is 1. The molecule has 0 saturated carbocycles. The molecular formula is C16H14FN3SSe. The van der Waals surface area contributed by atoms with E-state index in [2.05, 4.69) is 15.8 Å². The summed E-state index contributed by atoms with van der Waals surface area (Å²) in [5, 5.41) is 8.93. The van der Waals surface area contributed by atoms with E-state index < -0.39 is 0 Å². The van der Waals surface area contributed by atoms with Gasteiger partial charge in [-0.2, -0.15) is 0 Å². The summed E-state index contributed by atoms with van der Waals surface area (Å²) in [5.74, 6) is -0.228. The number of hydrazone groups is 1. The predicted molar refractivity (Wildman–Crippen MR) is 93.5 cm³/mol. The number of hydrogen-bond donors (Lipinski definition) is 2.